The molecule has 1 fully saturated rings. The lowest BCUT2D eigenvalue weighted by Crippen LogP contribution is -2.18. The number of ether oxygens (including phenoxy) is 2. The normalized spacial score (nSPS) is 40.5. The molecule has 0 bridgehead atoms. The molecule has 0 aromatic heterocycles. The predicted molar refractivity (Wildman–Crippen MR) is 79.4 cm³/mol. The fourth-order valence-corrected chi connectivity index (χ4v) is 2.83. The highest BCUT2D eigenvalue weighted by Gasteiger charge is 2.52. The van der Waals surface area contributed by atoms with Gasteiger partial charge in [0.25, 0.3) is 0 Å². The Kier molecular flexibility index (Phi) is 4.10. The van der Waals surface area contributed by atoms with Crippen LogP contribution in [0.15, 0.2) is 23.8 Å². The summed E-state index contributed by atoms with van der Waals surface area (Å²) >= 11 is 0. The Labute approximate surface area is 122 Å². The van der Waals surface area contributed by atoms with Gasteiger partial charge in [-0.2, -0.15) is 0 Å². The van der Waals surface area contributed by atoms with Gasteiger partial charge < -0.3 is 9.47 Å². The number of rotatable bonds is 1. The molecule has 3 heteroatoms. The molecule has 0 spiro atoms. The van der Waals surface area contributed by atoms with E-state index in [1.807, 2.05) is 13.0 Å². The first-order chi connectivity index (χ1) is 9.22. The minimum Gasteiger partial charge on any atom is -0.454 e. The van der Waals surface area contributed by atoms with Gasteiger partial charge in [-0.3, -0.25) is 4.79 Å². The minimum atomic E-state index is -0.241. The van der Waals surface area contributed by atoms with Crippen molar-refractivity contribution in [2.24, 2.45) is 5.41 Å². The van der Waals surface area contributed by atoms with Crippen LogP contribution in [-0.4, -0.2) is 23.8 Å². The molecule has 0 aromatic carbocycles. The minimum absolute atomic E-state index is 0.0309. The van der Waals surface area contributed by atoms with Crippen LogP contribution in [-0.2, 0) is 14.3 Å². The lowest BCUT2D eigenvalue weighted by Gasteiger charge is -2.21. The summed E-state index contributed by atoms with van der Waals surface area (Å²) in [6.07, 6.45) is 9.44. The van der Waals surface area contributed by atoms with Gasteiger partial charge in [0.05, 0.1) is 11.7 Å². The van der Waals surface area contributed by atoms with Gasteiger partial charge in [0.2, 0.25) is 0 Å². The van der Waals surface area contributed by atoms with E-state index in [2.05, 4.69) is 32.9 Å². The predicted octanol–water partition coefficient (Wildman–Crippen LogP) is 3.79. The quantitative estimate of drug-likeness (QED) is 0.416. The molecule has 0 radical (unpaired) electrons. The van der Waals surface area contributed by atoms with Crippen LogP contribution < -0.4 is 0 Å². The Morgan fingerprint density at radius 2 is 2.10 bits per heavy atom. The Bertz CT molecular complexity index is 447. The third-order valence-electron chi connectivity index (χ3n) is 4.32. The smallest absolute Gasteiger partial charge is 0.303 e. The van der Waals surface area contributed by atoms with Gasteiger partial charge in [0.15, 0.2) is 0 Å². The summed E-state index contributed by atoms with van der Waals surface area (Å²) in [5.41, 5.74) is 1.17. The van der Waals surface area contributed by atoms with E-state index in [4.69, 9.17) is 9.47 Å². The number of carbonyl (C=O) groups excluding carboxylic acids is 1. The summed E-state index contributed by atoms with van der Waals surface area (Å²) in [5.74, 6) is -0.238. The maximum atomic E-state index is 11.2. The van der Waals surface area contributed by atoms with Crippen molar-refractivity contribution in [2.45, 2.75) is 71.7 Å². The highest BCUT2D eigenvalue weighted by atomic mass is 16.6. The third kappa shape index (κ3) is 3.72. The van der Waals surface area contributed by atoms with Crippen molar-refractivity contribution in [3.8, 4) is 0 Å². The van der Waals surface area contributed by atoms with Crippen LogP contribution in [0.4, 0.5) is 0 Å². The van der Waals surface area contributed by atoms with Crippen molar-refractivity contribution in [3.63, 3.8) is 0 Å². The number of hydrogen-bond donors (Lipinski definition) is 0. The number of hydrogen-bond acceptors (Lipinski definition) is 3. The largest absolute Gasteiger partial charge is 0.454 e. The average Bonchev–Trinajstić information content (AvgIpc) is 2.92. The van der Waals surface area contributed by atoms with Gasteiger partial charge in [0.1, 0.15) is 6.10 Å². The molecular formula is C17H26O3. The van der Waals surface area contributed by atoms with Crippen LogP contribution in [0.2, 0.25) is 0 Å². The van der Waals surface area contributed by atoms with Gasteiger partial charge in [-0.25, -0.2) is 0 Å². The van der Waals surface area contributed by atoms with E-state index in [-0.39, 0.29) is 23.1 Å². The molecule has 112 valence electrons. The summed E-state index contributed by atoms with van der Waals surface area (Å²) < 4.78 is 11.3. The Hall–Kier alpha value is -1.09. The number of epoxide rings is 1. The fourth-order valence-electron chi connectivity index (χ4n) is 2.83. The SMILES string of the molecule is CC(=O)O[C@H]1/C=C/C(C)(C)C[C@H]2O[C@]2(C)CC/C=C/1C. The highest BCUT2D eigenvalue weighted by molar-refractivity contribution is 5.66. The zero-order chi connectivity index (χ0) is 15.0. The second kappa shape index (κ2) is 5.36. The number of fused-ring (bicyclic) bond motifs is 1. The zero-order valence-corrected chi connectivity index (χ0v) is 13.2. The number of esters is 1. The Morgan fingerprint density at radius 3 is 2.75 bits per heavy atom. The van der Waals surface area contributed by atoms with Crippen molar-refractivity contribution < 1.29 is 14.3 Å². The van der Waals surface area contributed by atoms with E-state index in [0.29, 0.717) is 6.10 Å². The van der Waals surface area contributed by atoms with E-state index in [1.165, 1.54) is 6.92 Å². The van der Waals surface area contributed by atoms with Crippen molar-refractivity contribution in [1.82, 2.24) is 0 Å². The van der Waals surface area contributed by atoms with Crippen LogP contribution >= 0.6 is 0 Å². The third-order valence-corrected chi connectivity index (χ3v) is 4.32. The van der Waals surface area contributed by atoms with Gasteiger partial charge >= 0.3 is 5.97 Å². The fraction of sp³-hybridized carbons (Fsp3) is 0.706. The molecule has 2 rings (SSSR count). The molecule has 0 unspecified atom stereocenters. The Balaban J connectivity index is 2.21. The van der Waals surface area contributed by atoms with Gasteiger partial charge in [-0.05, 0) is 50.2 Å². The molecule has 0 N–H and O–H groups in total. The second-order valence-electron chi connectivity index (χ2n) is 6.99. The number of carbonyl (C=O) groups is 1. The maximum absolute atomic E-state index is 11.2. The summed E-state index contributed by atoms with van der Waals surface area (Å²) in [7, 11) is 0. The van der Waals surface area contributed by atoms with Crippen molar-refractivity contribution in [1.29, 1.82) is 0 Å². The molecular weight excluding hydrogens is 252 g/mol. The van der Waals surface area contributed by atoms with Crippen molar-refractivity contribution >= 4 is 5.97 Å². The van der Waals surface area contributed by atoms with E-state index < -0.39 is 0 Å². The molecule has 1 aliphatic carbocycles. The molecule has 3 nitrogen and oxygen atoms in total. The molecule has 1 saturated heterocycles. The molecule has 0 saturated carbocycles. The van der Waals surface area contributed by atoms with E-state index in [9.17, 15) is 4.79 Å². The van der Waals surface area contributed by atoms with E-state index in [1.54, 1.807) is 0 Å². The first-order valence-electron chi connectivity index (χ1n) is 7.43. The summed E-state index contributed by atoms with van der Waals surface area (Å²) in [5, 5.41) is 0. The summed E-state index contributed by atoms with van der Waals surface area (Å²) in [6, 6.07) is 0. The first kappa shape index (κ1) is 15.3. The molecule has 1 aliphatic heterocycles. The molecule has 3 atom stereocenters. The maximum Gasteiger partial charge on any atom is 0.303 e. The van der Waals surface area contributed by atoms with Gasteiger partial charge in [-0.1, -0.05) is 26.0 Å². The molecule has 1 heterocycles. The van der Waals surface area contributed by atoms with E-state index >= 15 is 0 Å². The molecule has 2 aliphatic rings. The van der Waals surface area contributed by atoms with Gasteiger partial charge in [-0.15, -0.1) is 0 Å². The van der Waals surface area contributed by atoms with Crippen molar-refractivity contribution in [3.05, 3.63) is 23.8 Å². The monoisotopic (exact) mass is 278 g/mol. The standard InChI is InChI=1S/C17H26O3/c1-12-7-6-9-17(5)15(20-17)11-16(3,4)10-8-14(12)19-13(2)18/h7-8,10,14-15H,6,9,11H2,1-5H3/b10-8+,12-7+/t14-,15+,17+/m0/s1. The van der Waals surface area contributed by atoms with Gasteiger partial charge in [0, 0.05) is 6.92 Å². The lowest BCUT2D eigenvalue weighted by atomic mass is 9.83. The van der Waals surface area contributed by atoms with E-state index in [0.717, 1.165) is 24.8 Å². The summed E-state index contributed by atoms with van der Waals surface area (Å²) in [6.45, 7) is 10.1. The topological polar surface area (TPSA) is 38.8 Å². The van der Waals surface area contributed by atoms with Crippen LogP contribution in [0.5, 0.6) is 0 Å². The van der Waals surface area contributed by atoms with Crippen LogP contribution in [0.1, 0.15) is 53.9 Å². The summed E-state index contributed by atoms with van der Waals surface area (Å²) in [4.78, 5) is 11.2. The van der Waals surface area contributed by atoms with Crippen molar-refractivity contribution in [2.75, 3.05) is 0 Å². The first-order valence-corrected chi connectivity index (χ1v) is 7.43. The molecule has 0 amide bonds. The molecule has 0 aromatic rings. The zero-order valence-electron chi connectivity index (χ0n) is 13.2. The Morgan fingerprint density at radius 1 is 1.40 bits per heavy atom. The van der Waals surface area contributed by atoms with Crippen LogP contribution in [0, 0.1) is 5.41 Å². The average molecular weight is 278 g/mol. The highest BCUT2D eigenvalue weighted by Crippen LogP contribution is 2.47. The molecule has 20 heavy (non-hydrogen) atoms. The lowest BCUT2D eigenvalue weighted by molar-refractivity contribution is -0.142. The number of allylic oxidation sites excluding steroid dienone is 2. The van der Waals surface area contributed by atoms with Crippen LogP contribution in [0.25, 0.3) is 0 Å². The van der Waals surface area contributed by atoms with Crippen LogP contribution in [0.3, 0.4) is 0 Å². The second-order valence-corrected chi connectivity index (χ2v) is 6.99.